The van der Waals surface area contributed by atoms with Crippen molar-refractivity contribution in [3.63, 3.8) is 0 Å². The van der Waals surface area contributed by atoms with Crippen LogP contribution in [0.3, 0.4) is 0 Å². The van der Waals surface area contributed by atoms with Crippen molar-refractivity contribution < 1.29 is 5.11 Å². The zero-order valence-corrected chi connectivity index (χ0v) is 7.92. The average Bonchev–Trinajstić information content (AvgIpc) is 2.22. The zero-order valence-electron chi connectivity index (χ0n) is 7.92. The lowest BCUT2D eigenvalue weighted by Crippen LogP contribution is -2.20. The maximum absolute atomic E-state index is 11.6. The molecule has 2 aromatic rings. The van der Waals surface area contributed by atoms with E-state index in [0.29, 0.717) is 5.69 Å². The summed E-state index contributed by atoms with van der Waals surface area (Å²) >= 11 is 0. The maximum atomic E-state index is 11.6. The van der Waals surface area contributed by atoms with Crippen molar-refractivity contribution in [1.29, 1.82) is 0 Å². The van der Waals surface area contributed by atoms with Crippen molar-refractivity contribution >= 4 is 5.69 Å². The molecule has 4 nitrogen and oxygen atoms in total. The first-order chi connectivity index (χ1) is 7.18. The molecule has 0 radical (unpaired) electrons. The van der Waals surface area contributed by atoms with Crippen LogP contribution in [0.5, 0.6) is 5.75 Å². The number of phenols is 1. The minimum absolute atomic E-state index is 0.113. The highest BCUT2D eigenvalue weighted by Gasteiger charge is 2.01. The monoisotopic (exact) mass is 202 g/mol. The van der Waals surface area contributed by atoms with E-state index in [1.165, 1.54) is 10.6 Å². The van der Waals surface area contributed by atoms with Gasteiger partial charge in [0, 0.05) is 12.3 Å². The van der Waals surface area contributed by atoms with E-state index in [-0.39, 0.29) is 17.0 Å². The Bertz CT molecular complexity index is 546. The molecule has 4 heteroatoms. The molecule has 2 rings (SSSR count). The molecule has 0 aliphatic carbocycles. The van der Waals surface area contributed by atoms with Crippen LogP contribution in [-0.2, 0) is 0 Å². The van der Waals surface area contributed by atoms with E-state index in [0.717, 1.165) is 0 Å². The smallest absolute Gasteiger partial charge is 0.278 e. The molecule has 0 amide bonds. The molecule has 0 bridgehead atoms. The molecule has 0 aliphatic rings. The molecule has 15 heavy (non-hydrogen) atoms. The van der Waals surface area contributed by atoms with Crippen LogP contribution in [-0.4, -0.2) is 9.67 Å². The fourth-order valence-corrected chi connectivity index (χ4v) is 1.36. The van der Waals surface area contributed by atoms with Gasteiger partial charge in [-0.3, -0.25) is 9.36 Å². The van der Waals surface area contributed by atoms with Crippen LogP contribution in [0.1, 0.15) is 0 Å². The fraction of sp³-hybridized carbons (Fsp3) is 0. The number of aromatic nitrogens is 1. The molecule has 0 saturated heterocycles. The van der Waals surface area contributed by atoms with E-state index in [2.05, 4.69) is 0 Å². The average molecular weight is 202 g/mol. The number of rotatable bonds is 1. The first kappa shape index (κ1) is 9.33. The van der Waals surface area contributed by atoms with Crippen LogP contribution >= 0.6 is 0 Å². The SMILES string of the molecule is Nc1cccn(-c2cccc(O)c2)c1=O. The van der Waals surface area contributed by atoms with Gasteiger partial charge >= 0.3 is 0 Å². The Morgan fingerprint density at radius 2 is 2.00 bits per heavy atom. The van der Waals surface area contributed by atoms with Crippen molar-refractivity contribution in [2.45, 2.75) is 0 Å². The van der Waals surface area contributed by atoms with Gasteiger partial charge in [-0.05, 0) is 24.3 Å². The predicted octanol–water partition coefficient (Wildman–Crippen LogP) is 1.13. The minimum atomic E-state index is -0.289. The normalized spacial score (nSPS) is 10.1. The Labute approximate surface area is 86.2 Å². The Kier molecular flexibility index (Phi) is 2.17. The maximum Gasteiger partial charge on any atom is 0.278 e. The van der Waals surface area contributed by atoms with Gasteiger partial charge < -0.3 is 10.8 Å². The van der Waals surface area contributed by atoms with Gasteiger partial charge in [-0.15, -0.1) is 0 Å². The molecule has 1 aromatic heterocycles. The van der Waals surface area contributed by atoms with Gasteiger partial charge in [0.1, 0.15) is 5.75 Å². The highest BCUT2D eigenvalue weighted by atomic mass is 16.3. The molecule has 1 heterocycles. The summed E-state index contributed by atoms with van der Waals surface area (Å²) < 4.78 is 1.38. The molecular formula is C11H10N2O2. The molecular weight excluding hydrogens is 192 g/mol. The molecule has 0 atom stereocenters. The second-order valence-corrected chi connectivity index (χ2v) is 3.16. The Morgan fingerprint density at radius 1 is 1.20 bits per heavy atom. The zero-order chi connectivity index (χ0) is 10.8. The minimum Gasteiger partial charge on any atom is -0.508 e. The Hall–Kier alpha value is -2.23. The highest BCUT2D eigenvalue weighted by molar-refractivity contribution is 5.42. The van der Waals surface area contributed by atoms with Crippen LogP contribution in [0.25, 0.3) is 5.69 Å². The number of hydrogen-bond acceptors (Lipinski definition) is 3. The van der Waals surface area contributed by atoms with Gasteiger partial charge in [0.2, 0.25) is 0 Å². The molecule has 76 valence electrons. The van der Waals surface area contributed by atoms with Gasteiger partial charge in [-0.1, -0.05) is 6.07 Å². The summed E-state index contributed by atoms with van der Waals surface area (Å²) in [5.74, 6) is 0.113. The number of phenolic OH excluding ortho intramolecular Hbond substituents is 1. The lowest BCUT2D eigenvalue weighted by molar-refractivity contribution is 0.475. The van der Waals surface area contributed by atoms with Crippen LogP contribution in [0.4, 0.5) is 5.69 Å². The Balaban J connectivity index is 2.65. The number of nitrogen functional groups attached to an aromatic ring is 1. The second kappa shape index (κ2) is 3.49. The van der Waals surface area contributed by atoms with Crippen molar-refractivity contribution in [3.05, 3.63) is 52.9 Å². The van der Waals surface area contributed by atoms with Crippen LogP contribution < -0.4 is 11.3 Å². The summed E-state index contributed by atoms with van der Waals surface area (Å²) in [6, 6.07) is 9.66. The summed E-state index contributed by atoms with van der Waals surface area (Å²) in [5, 5.41) is 9.29. The third kappa shape index (κ3) is 1.69. The predicted molar refractivity (Wildman–Crippen MR) is 58.1 cm³/mol. The largest absolute Gasteiger partial charge is 0.508 e. The number of anilines is 1. The number of benzene rings is 1. The Morgan fingerprint density at radius 3 is 2.73 bits per heavy atom. The lowest BCUT2D eigenvalue weighted by Gasteiger charge is -2.06. The molecule has 0 aliphatic heterocycles. The van der Waals surface area contributed by atoms with Gasteiger partial charge in [0.05, 0.1) is 11.4 Å². The molecule has 0 unspecified atom stereocenters. The standard InChI is InChI=1S/C11H10N2O2/c12-10-5-2-6-13(11(10)15)8-3-1-4-9(14)7-8/h1-7,14H,12H2. The van der Waals surface area contributed by atoms with Crippen molar-refractivity contribution in [3.8, 4) is 11.4 Å². The molecule has 0 fully saturated rings. The second-order valence-electron chi connectivity index (χ2n) is 3.16. The van der Waals surface area contributed by atoms with E-state index in [4.69, 9.17) is 5.73 Å². The highest BCUT2D eigenvalue weighted by Crippen LogP contribution is 2.13. The number of pyridine rings is 1. The summed E-state index contributed by atoms with van der Waals surface area (Å²) in [7, 11) is 0. The van der Waals surface area contributed by atoms with Crippen molar-refractivity contribution in [2.24, 2.45) is 0 Å². The number of hydrogen-bond donors (Lipinski definition) is 2. The number of nitrogens with two attached hydrogens (primary N) is 1. The van der Waals surface area contributed by atoms with Gasteiger partial charge in [0.25, 0.3) is 5.56 Å². The number of aromatic hydroxyl groups is 1. The third-order valence-corrected chi connectivity index (χ3v) is 2.08. The molecule has 3 N–H and O–H groups in total. The van der Waals surface area contributed by atoms with E-state index in [1.807, 2.05) is 0 Å². The van der Waals surface area contributed by atoms with Gasteiger partial charge in [-0.25, -0.2) is 0 Å². The van der Waals surface area contributed by atoms with E-state index in [1.54, 1.807) is 36.5 Å². The molecule has 1 aromatic carbocycles. The van der Waals surface area contributed by atoms with Gasteiger partial charge in [-0.2, -0.15) is 0 Å². The van der Waals surface area contributed by atoms with Crippen molar-refractivity contribution in [1.82, 2.24) is 4.57 Å². The van der Waals surface area contributed by atoms with Crippen molar-refractivity contribution in [2.75, 3.05) is 5.73 Å². The number of nitrogens with zero attached hydrogens (tertiary/aromatic N) is 1. The van der Waals surface area contributed by atoms with E-state index < -0.39 is 0 Å². The molecule has 0 spiro atoms. The first-order valence-corrected chi connectivity index (χ1v) is 4.45. The summed E-state index contributed by atoms with van der Waals surface area (Å²) in [4.78, 5) is 11.6. The molecule has 0 saturated carbocycles. The summed E-state index contributed by atoms with van der Waals surface area (Å²) in [6.07, 6.45) is 1.60. The summed E-state index contributed by atoms with van der Waals surface area (Å²) in [6.45, 7) is 0. The van der Waals surface area contributed by atoms with Gasteiger partial charge in [0.15, 0.2) is 0 Å². The van der Waals surface area contributed by atoms with E-state index in [9.17, 15) is 9.90 Å². The third-order valence-electron chi connectivity index (χ3n) is 2.08. The topological polar surface area (TPSA) is 68.2 Å². The fourth-order valence-electron chi connectivity index (χ4n) is 1.36. The lowest BCUT2D eigenvalue weighted by atomic mass is 10.3. The first-order valence-electron chi connectivity index (χ1n) is 4.45. The van der Waals surface area contributed by atoms with Crippen LogP contribution in [0.2, 0.25) is 0 Å². The van der Waals surface area contributed by atoms with Crippen LogP contribution in [0, 0.1) is 0 Å². The van der Waals surface area contributed by atoms with Crippen LogP contribution in [0.15, 0.2) is 47.4 Å². The summed E-state index contributed by atoms with van der Waals surface area (Å²) in [5.41, 5.74) is 5.98. The van der Waals surface area contributed by atoms with E-state index >= 15 is 0 Å². The quantitative estimate of drug-likeness (QED) is 0.728.